The average Bonchev–Trinajstić information content (AvgIpc) is 2.84. The fourth-order valence-electron chi connectivity index (χ4n) is 5.08. The van der Waals surface area contributed by atoms with Gasteiger partial charge in [-0.1, -0.05) is 24.3 Å². The largest absolute Gasteiger partial charge is 0.494 e. The summed E-state index contributed by atoms with van der Waals surface area (Å²) in [7, 11) is -0.806. The van der Waals surface area contributed by atoms with E-state index in [-0.39, 0.29) is 24.7 Å². The Morgan fingerprint density at radius 1 is 1.16 bits per heavy atom. The van der Waals surface area contributed by atoms with Gasteiger partial charge in [0.1, 0.15) is 11.6 Å². The summed E-state index contributed by atoms with van der Waals surface area (Å²) in [6, 6.07) is 16.0. The van der Waals surface area contributed by atoms with Gasteiger partial charge in [-0.2, -0.15) is 0 Å². The van der Waals surface area contributed by atoms with E-state index in [1.807, 2.05) is 6.07 Å². The van der Waals surface area contributed by atoms with Gasteiger partial charge in [-0.05, 0) is 103 Å². The average molecular weight is 524 g/mol. The zero-order valence-electron chi connectivity index (χ0n) is 21.6. The third-order valence-electron chi connectivity index (χ3n) is 6.84. The number of carboxylic acids is 1. The second-order valence-corrected chi connectivity index (χ2v) is 11.3. The Morgan fingerprint density at radius 2 is 1.92 bits per heavy atom. The summed E-state index contributed by atoms with van der Waals surface area (Å²) in [4.78, 5) is 10.9. The predicted molar refractivity (Wildman–Crippen MR) is 147 cm³/mol. The number of benzene rings is 3. The number of hydrogen-bond donors (Lipinski definition) is 2. The predicted octanol–water partition coefficient (Wildman–Crippen LogP) is 6.37. The highest BCUT2D eigenvalue weighted by molar-refractivity contribution is 7.84. The van der Waals surface area contributed by atoms with E-state index < -0.39 is 16.8 Å². The first kappa shape index (κ1) is 26.9. The van der Waals surface area contributed by atoms with Crippen LogP contribution in [0.25, 0.3) is 11.1 Å². The van der Waals surface area contributed by atoms with E-state index in [4.69, 9.17) is 9.84 Å². The molecule has 0 spiro atoms. The molecule has 196 valence electrons. The number of fused-ring (bicyclic) bond motifs is 1. The molecule has 3 aromatic rings. The Balaban J connectivity index is 1.51. The van der Waals surface area contributed by atoms with Gasteiger partial charge >= 0.3 is 5.97 Å². The summed E-state index contributed by atoms with van der Waals surface area (Å²) in [5, 5.41) is 12.4. The molecule has 3 aromatic carbocycles. The van der Waals surface area contributed by atoms with Crippen LogP contribution in [0, 0.1) is 19.7 Å². The summed E-state index contributed by atoms with van der Waals surface area (Å²) in [6.45, 7) is 4.72. The molecular formula is C30H34FNO4S. The molecule has 4 rings (SSSR count). The molecule has 2 N–H and O–H groups in total. The molecule has 7 heteroatoms. The van der Waals surface area contributed by atoms with Crippen LogP contribution in [0.15, 0.2) is 48.5 Å². The number of anilines is 1. The lowest BCUT2D eigenvalue weighted by Gasteiger charge is -2.28. The van der Waals surface area contributed by atoms with Crippen LogP contribution < -0.4 is 10.1 Å². The smallest absolute Gasteiger partial charge is 0.303 e. The standard InChI is InChI=1S/C30H34FNO4S/c1-19-14-25(36-12-5-13-37(3)35)15-20(2)30(19)24-7-4-6-22(17-24)27-10-8-23-16-21(9-11-29(33)34)26(31)18-28(23)32-27/h4,6-7,14-18,27,32H,5,8-13H2,1-3H3,(H,33,34). The maximum absolute atomic E-state index is 14.6. The van der Waals surface area contributed by atoms with E-state index in [0.717, 1.165) is 58.5 Å². The zero-order valence-corrected chi connectivity index (χ0v) is 22.4. The number of aryl methyl sites for hydroxylation is 4. The molecule has 2 unspecified atom stereocenters. The lowest BCUT2D eigenvalue weighted by atomic mass is 9.89. The van der Waals surface area contributed by atoms with Gasteiger partial charge in [0.25, 0.3) is 0 Å². The highest BCUT2D eigenvalue weighted by atomic mass is 32.2. The van der Waals surface area contributed by atoms with Gasteiger partial charge in [0, 0.05) is 34.9 Å². The second kappa shape index (κ2) is 11.9. The van der Waals surface area contributed by atoms with Crippen LogP contribution in [0.3, 0.4) is 0 Å². The number of nitrogens with one attached hydrogen (secondary N) is 1. The van der Waals surface area contributed by atoms with E-state index in [9.17, 15) is 13.4 Å². The molecular weight excluding hydrogens is 489 g/mol. The number of carbonyl (C=O) groups is 1. The van der Waals surface area contributed by atoms with Crippen LogP contribution in [-0.2, 0) is 28.4 Å². The molecule has 2 atom stereocenters. The summed E-state index contributed by atoms with van der Waals surface area (Å²) >= 11 is 0. The molecule has 0 radical (unpaired) electrons. The van der Waals surface area contributed by atoms with Gasteiger partial charge in [0.05, 0.1) is 12.6 Å². The number of carboxylic acid groups (broad SMARTS) is 1. The second-order valence-electron chi connectivity index (χ2n) is 9.77. The van der Waals surface area contributed by atoms with Crippen LogP contribution in [0.4, 0.5) is 10.1 Å². The SMILES string of the molecule is Cc1cc(OCCCS(C)=O)cc(C)c1-c1cccc(C2CCc3cc(CCC(=O)O)c(F)cc3N2)c1. The van der Waals surface area contributed by atoms with Crippen molar-refractivity contribution in [2.75, 3.05) is 23.9 Å². The summed E-state index contributed by atoms with van der Waals surface area (Å²) in [6.07, 6.45) is 4.25. The maximum Gasteiger partial charge on any atom is 0.303 e. The maximum atomic E-state index is 14.6. The fraction of sp³-hybridized carbons (Fsp3) is 0.367. The number of ether oxygens (including phenoxy) is 1. The van der Waals surface area contributed by atoms with Crippen molar-refractivity contribution in [2.45, 2.75) is 52.0 Å². The van der Waals surface area contributed by atoms with Gasteiger partial charge in [0.15, 0.2) is 0 Å². The van der Waals surface area contributed by atoms with Gasteiger partial charge in [-0.3, -0.25) is 9.00 Å². The minimum atomic E-state index is -0.923. The van der Waals surface area contributed by atoms with Crippen LogP contribution in [-0.4, -0.2) is 33.9 Å². The number of aliphatic carboxylic acids is 1. The molecule has 0 aliphatic carbocycles. The van der Waals surface area contributed by atoms with E-state index in [2.05, 4.69) is 55.6 Å². The molecule has 0 aromatic heterocycles. The Hall–Kier alpha value is -3.19. The van der Waals surface area contributed by atoms with E-state index in [1.54, 1.807) is 6.26 Å². The summed E-state index contributed by atoms with van der Waals surface area (Å²) < 4.78 is 31.8. The van der Waals surface area contributed by atoms with Crippen LogP contribution >= 0.6 is 0 Å². The topological polar surface area (TPSA) is 75.6 Å². The van der Waals surface area contributed by atoms with E-state index in [0.29, 0.717) is 17.9 Å². The monoisotopic (exact) mass is 523 g/mol. The van der Waals surface area contributed by atoms with Crippen molar-refractivity contribution in [1.82, 2.24) is 0 Å². The molecule has 5 nitrogen and oxygen atoms in total. The van der Waals surface area contributed by atoms with Crippen molar-refractivity contribution in [3.8, 4) is 16.9 Å². The molecule has 1 aliphatic heterocycles. The summed E-state index contributed by atoms with van der Waals surface area (Å²) in [5.74, 6) is 0.181. The van der Waals surface area contributed by atoms with Crippen molar-refractivity contribution >= 4 is 22.5 Å². The van der Waals surface area contributed by atoms with Gasteiger partial charge in [-0.25, -0.2) is 4.39 Å². The highest BCUT2D eigenvalue weighted by Gasteiger charge is 2.22. The first-order valence-corrected chi connectivity index (χ1v) is 14.4. The highest BCUT2D eigenvalue weighted by Crippen LogP contribution is 2.37. The Morgan fingerprint density at radius 3 is 2.62 bits per heavy atom. The fourth-order valence-corrected chi connectivity index (χ4v) is 5.60. The van der Waals surface area contributed by atoms with Crippen LogP contribution in [0.5, 0.6) is 5.75 Å². The van der Waals surface area contributed by atoms with Crippen LogP contribution in [0.1, 0.15) is 53.1 Å². The van der Waals surface area contributed by atoms with Crippen molar-refractivity contribution in [1.29, 1.82) is 0 Å². The van der Waals surface area contributed by atoms with Gasteiger partial charge in [0.2, 0.25) is 0 Å². The normalized spacial score (nSPS) is 15.5. The molecule has 1 aliphatic rings. The van der Waals surface area contributed by atoms with E-state index in [1.165, 1.54) is 11.6 Å². The zero-order chi connectivity index (χ0) is 26.5. The number of hydrogen-bond acceptors (Lipinski definition) is 4. The lowest BCUT2D eigenvalue weighted by molar-refractivity contribution is -0.136. The Kier molecular flexibility index (Phi) is 8.64. The van der Waals surface area contributed by atoms with Gasteiger partial charge < -0.3 is 15.2 Å². The third-order valence-corrected chi connectivity index (χ3v) is 7.70. The van der Waals surface area contributed by atoms with Crippen molar-refractivity contribution in [2.24, 2.45) is 0 Å². The Labute approximate surface area is 220 Å². The van der Waals surface area contributed by atoms with Crippen molar-refractivity contribution < 1.29 is 23.2 Å². The Bertz CT molecular complexity index is 1300. The number of rotatable bonds is 10. The first-order chi connectivity index (χ1) is 17.7. The molecule has 0 bridgehead atoms. The molecule has 0 saturated heterocycles. The van der Waals surface area contributed by atoms with Crippen molar-refractivity contribution in [3.63, 3.8) is 0 Å². The number of halogens is 1. The molecule has 37 heavy (non-hydrogen) atoms. The van der Waals surface area contributed by atoms with E-state index >= 15 is 0 Å². The minimum absolute atomic E-state index is 0.0593. The first-order valence-electron chi connectivity index (χ1n) is 12.7. The van der Waals surface area contributed by atoms with Crippen LogP contribution in [0.2, 0.25) is 0 Å². The van der Waals surface area contributed by atoms with Crippen molar-refractivity contribution in [3.05, 3.63) is 82.2 Å². The molecule has 1 heterocycles. The molecule has 0 saturated carbocycles. The summed E-state index contributed by atoms with van der Waals surface area (Å²) in [5.41, 5.74) is 7.97. The van der Waals surface area contributed by atoms with Gasteiger partial charge in [-0.15, -0.1) is 0 Å². The quantitative estimate of drug-likeness (QED) is 0.302. The molecule has 0 amide bonds. The minimum Gasteiger partial charge on any atom is -0.494 e. The third kappa shape index (κ3) is 6.77. The molecule has 0 fully saturated rings. The lowest BCUT2D eigenvalue weighted by Crippen LogP contribution is -2.19.